The highest BCUT2D eigenvalue weighted by Gasteiger charge is 2.58. The number of pyridine rings is 1. The zero-order chi connectivity index (χ0) is 22.3. The average molecular weight is 439 g/mol. The summed E-state index contributed by atoms with van der Waals surface area (Å²) in [5, 5.41) is 18.8. The summed E-state index contributed by atoms with van der Waals surface area (Å²) in [6.07, 6.45) is -11.2. The van der Waals surface area contributed by atoms with Gasteiger partial charge in [-0.15, -0.1) is 10.2 Å². The molecule has 2 aromatic heterocycles. The highest BCUT2D eigenvalue weighted by molar-refractivity contribution is 5.91. The minimum Gasteiger partial charge on any atom is -0.416 e. The molecule has 0 aliphatic carbocycles. The van der Waals surface area contributed by atoms with Crippen LogP contribution in [0.4, 0.5) is 37.8 Å². The van der Waals surface area contributed by atoms with Crippen LogP contribution in [-0.2, 0) is 16.6 Å². The topological polar surface area (TPSA) is 127 Å². The number of amides is 1. The number of fused-ring (bicyclic) bond motifs is 5. The number of carbonyl (C=O) groups excluding carboxylic acids is 1. The van der Waals surface area contributed by atoms with E-state index < -0.39 is 64.8 Å². The normalized spacial score (nSPS) is 21.1. The minimum atomic E-state index is -5.17. The van der Waals surface area contributed by atoms with Crippen LogP contribution in [0.5, 0.6) is 0 Å². The van der Waals surface area contributed by atoms with Crippen LogP contribution in [0, 0.1) is 0 Å². The summed E-state index contributed by atoms with van der Waals surface area (Å²) in [5.41, 5.74) is -0.458. The van der Waals surface area contributed by atoms with Gasteiger partial charge in [-0.2, -0.15) is 26.3 Å². The molecule has 3 heterocycles. The van der Waals surface area contributed by atoms with Gasteiger partial charge in [0, 0.05) is 6.42 Å². The van der Waals surface area contributed by atoms with Crippen LogP contribution in [-0.4, -0.2) is 32.4 Å². The number of halogens is 6. The summed E-state index contributed by atoms with van der Waals surface area (Å²) >= 11 is 0. The second-order valence-corrected chi connectivity index (χ2v) is 6.70. The molecular weight excluding hydrogens is 424 g/mol. The van der Waals surface area contributed by atoms with Crippen LogP contribution in [0.1, 0.15) is 43.6 Å². The number of alkyl halides is 6. The Hall–Kier alpha value is -2.90. The molecule has 3 rings (SSSR count). The number of rotatable bonds is 0. The summed E-state index contributed by atoms with van der Waals surface area (Å²) in [5.74, 6) is -3.65. The van der Waals surface area contributed by atoms with Crippen LogP contribution in [0.3, 0.4) is 0 Å². The SMILES string of the molecule is Nc1cc(C(F)(F)F)c2nc1-c1nnc(o1)C(O)(C(F)(F)F)CCCCCC(=O)N2. The molecular formula is C16H15F6N5O3. The number of nitrogen functional groups attached to an aromatic ring is 1. The number of nitrogens with one attached hydrogen (secondary N) is 1. The van der Waals surface area contributed by atoms with Gasteiger partial charge in [0.05, 0.1) is 5.69 Å². The molecule has 1 aliphatic rings. The van der Waals surface area contributed by atoms with E-state index in [0.29, 0.717) is 6.07 Å². The first kappa shape index (κ1) is 21.8. The first-order valence-electron chi connectivity index (χ1n) is 8.64. The van der Waals surface area contributed by atoms with Gasteiger partial charge in [0.25, 0.3) is 11.8 Å². The Balaban J connectivity index is 2.18. The maximum Gasteiger partial charge on any atom is 0.426 e. The Bertz CT molecular complexity index is 958. The molecule has 0 saturated heterocycles. The molecule has 0 radical (unpaired) electrons. The fraction of sp³-hybridized carbons (Fsp3) is 0.500. The molecule has 0 fully saturated rings. The van der Waals surface area contributed by atoms with Crippen molar-refractivity contribution in [1.29, 1.82) is 0 Å². The summed E-state index contributed by atoms with van der Waals surface area (Å²) in [6.45, 7) is 0. The molecule has 0 spiro atoms. The largest absolute Gasteiger partial charge is 0.426 e. The Kier molecular flexibility index (Phi) is 5.39. The van der Waals surface area contributed by atoms with E-state index in [9.17, 15) is 36.2 Å². The smallest absolute Gasteiger partial charge is 0.416 e. The van der Waals surface area contributed by atoms with Gasteiger partial charge in [0.1, 0.15) is 11.4 Å². The quantitative estimate of drug-likeness (QED) is 0.537. The van der Waals surface area contributed by atoms with E-state index in [0.717, 1.165) is 0 Å². The van der Waals surface area contributed by atoms with E-state index in [1.807, 2.05) is 5.32 Å². The Labute approximate surface area is 164 Å². The fourth-order valence-electron chi connectivity index (χ4n) is 2.91. The molecule has 164 valence electrons. The summed E-state index contributed by atoms with van der Waals surface area (Å²) in [4.78, 5) is 15.6. The highest BCUT2D eigenvalue weighted by Crippen LogP contribution is 2.44. The van der Waals surface area contributed by atoms with Crippen molar-refractivity contribution < 1.29 is 40.7 Å². The highest BCUT2D eigenvalue weighted by atomic mass is 19.4. The van der Waals surface area contributed by atoms with Crippen LogP contribution >= 0.6 is 0 Å². The number of aliphatic hydroxyl groups is 1. The van der Waals surface area contributed by atoms with Gasteiger partial charge in [-0.05, 0) is 25.3 Å². The second kappa shape index (κ2) is 7.41. The van der Waals surface area contributed by atoms with E-state index >= 15 is 0 Å². The van der Waals surface area contributed by atoms with Crippen molar-refractivity contribution in [3.05, 3.63) is 17.5 Å². The molecule has 1 amide bonds. The Morgan fingerprint density at radius 3 is 2.47 bits per heavy atom. The molecule has 30 heavy (non-hydrogen) atoms. The monoisotopic (exact) mass is 439 g/mol. The number of anilines is 2. The molecule has 1 atom stereocenters. The van der Waals surface area contributed by atoms with E-state index in [1.165, 1.54) is 0 Å². The maximum atomic E-state index is 13.5. The van der Waals surface area contributed by atoms with Crippen molar-refractivity contribution in [2.24, 2.45) is 0 Å². The van der Waals surface area contributed by atoms with Crippen molar-refractivity contribution in [3.63, 3.8) is 0 Å². The lowest BCUT2D eigenvalue weighted by Gasteiger charge is -2.26. The standard InChI is InChI=1S/C16H15F6N5O3/c17-15(18,19)7-6-8(23)10-12-26-27-13(30-12)14(29,16(20,21)22)5-3-1-2-4-9(28)24-11(7)25-10/h6,29H,1-5,23H2,(H,24,25,28). The fourth-order valence-corrected chi connectivity index (χ4v) is 2.91. The van der Waals surface area contributed by atoms with Crippen molar-refractivity contribution in [2.75, 3.05) is 11.1 Å². The Morgan fingerprint density at radius 1 is 1.13 bits per heavy atom. The van der Waals surface area contributed by atoms with E-state index in [2.05, 4.69) is 15.2 Å². The molecule has 1 unspecified atom stereocenters. The van der Waals surface area contributed by atoms with E-state index in [1.54, 1.807) is 0 Å². The van der Waals surface area contributed by atoms with E-state index in [4.69, 9.17) is 10.2 Å². The number of nitrogens with two attached hydrogens (primary N) is 1. The third-order valence-electron chi connectivity index (χ3n) is 4.51. The van der Waals surface area contributed by atoms with Crippen LogP contribution in [0.25, 0.3) is 11.6 Å². The zero-order valence-electron chi connectivity index (χ0n) is 15.1. The predicted molar refractivity (Wildman–Crippen MR) is 88.6 cm³/mol. The lowest BCUT2D eigenvalue weighted by atomic mass is 9.95. The van der Waals surface area contributed by atoms with Gasteiger partial charge in [-0.3, -0.25) is 4.79 Å². The third-order valence-corrected chi connectivity index (χ3v) is 4.51. The molecule has 14 heteroatoms. The molecule has 0 aromatic carbocycles. The van der Waals surface area contributed by atoms with Crippen molar-refractivity contribution in [3.8, 4) is 11.6 Å². The van der Waals surface area contributed by atoms with Crippen LogP contribution in [0.2, 0.25) is 0 Å². The summed E-state index contributed by atoms with van der Waals surface area (Å²) in [7, 11) is 0. The van der Waals surface area contributed by atoms with E-state index in [-0.39, 0.29) is 25.7 Å². The van der Waals surface area contributed by atoms with Gasteiger partial charge in [0.15, 0.2) is 5.69 Å². The second-order valence-electron chi connectivity index (χ2n) is 6.70. The lowest BCUT2D eigenvalue weighted by Crippen LogP contribution is -2.42. The van der Waals surface area contributed by atoms with Crippen molar-refractivity contribution in [1.82, 2.24) is 15.2 Å². The van der Waals surface area contributed by atoms with Crippen LogP contribution < -0.4 is 11.1 Å². The van der Waals surface area contributed by atoms with Crippen LogP contribution in [0.15, 0.2) is 10.5 Å². The number of carbonyl (C=O) groups is 1. The Morgan fingerprint density at radius 2 is 1.83 bits per heavy atom. The van der Waals surface area contributed by atoms with Crippen molar-refractivity contribution >= 4 is 17.4 Å². The zero-order valence-corrected chi connectivity index (χ0v) is 15.1. The number of nitrogens with zero attached hydrogens (tertiary/aromatic N) is 3. The van der Waals surface area contributed by atoms with Gasteiger partial charge in [-0.25, -0.2) is 4.98 Å². The van der Waals surface area contributed by atoms with Gasteiger partial charge in [0.2, 0.25) is 11.5 Å². The number of hydrogen-bond donors (Lipinski definition) is 3. The lowest BCUT2D eigenvalue weighted by molar-refractivity contribution is -0.277. The molecule has 8 nitrogen and oxygen atoms in total. The maximum absolute atomic E-state index is 13.5. The summed E-state index contributed by atoms with van der Waals surface area (Å²) in [6, 6.07) is 0.448. The first-order chi connectivity index (χ1) is 13.8. The molecule has 1 aliphatic heterocycles. The molecule has 4 bridgehead atoms. The molecule has 4 N–H and O–H groups in total. The average Bonchev–Trinajstić information content (AvgIpc) is 3.10. The number of hydrogen-bond acceptors (Lipinski definition) is 7. The third kappa shape index (κ3) is 4.04. The minimum absolute atomic E-state index is 0.0675. The van der Waals surface area contributed by atoms with Gasteiger partial charge in [-0.1, -0.05) is 6.42 Å². The molecule has 2 aromatic rings. The summed E-state index contributed by atoms with van der Waals surface area (Å²) < 4.78 is 85.4. The van der Waals surface area contributed by atoms with Crippen molar-refractivity contribution in [2.45, 2.75) is 50.1 Å². The van der Waals surface area contributed by atoms with Gasteiger partial charge < -0.3 is 20.6 Å². The number of aromatic nitrogens is 3. The van der Waals surface area contributed by atoms with Gasteiger partial charge >= 0.3 is 12.4 Å². The predicted octanol–water partition coefficient (Wildman–Crippen LogP) is 3.39. The molecule has 0 saturated carbocycles. The first-order valence-corrected chi connectivity index (χ1v) is 8.64.